The summed E-state index contributed by atoms with van der Waals surface area (Å²) in [5.41, 5.74) is 0.783. The average Bonchev–Trinajstić information content (AvgIpc) is 3.02. The second-order valence-corrected chi connectivity index (χ2v) is 7.68. The zero-order valence-corrected chi connectivity index (χ0v) is 15.3. The maximum absolute atomic E-state index is 13.6. The van der Waals surface area contributed by atoms with E-state index in [1.165, 1.54) is 23.5 Å². The molecule has 1 heterocycles. The average molecular weight is 388 g/mol. The third kappa shape index (κ3) is 2.99. The summed E-state index contributed by atoms with van der Waals surface area (Å²) >= 11 is 7.45. The van der Waals surface area contributed by atoms with Crippen LogP contribution < -0.4 is 5.32 Å². The summed E-state index contributed by atoms with van der Waals surface area (Å²) in [5.74, 6) is -0.505. The van der Waals surface area contributed by atoms with Gasteiger partial charge in [-0.05, 0) is 36.6 Å². The summed E-state index contributed by atoms with van der Waals surface area (Å²) in [6.45, 7) is 0. The lowest BCUT2D eigenvalue weighted by Gasteiger charge is -2.40. The fourth-order valence-electron chi connectivity index (χ4n) is 3.20. The zero-order valence-electron chi connectivity index (χ0n) is 13.7. The third-order valence-corrected chi connectivity index (χ3v) is 5.97. The molecule has 1 fully saturated rings. The predicted molar refractivity (Wildman–Crippen MR) is 101 cm³/mol. The predicted octanol–water partition coefficient (Wildman–Crippen LogP) is 5.06. The first kappa shape index (κ1) is 17.1. The molecule has 7 heteroatoms. The van der Waals surface area contributed by atoms with Crippen LogP contribution in [0.2, 0.25) is 5.02 Å². The second kappa shape index (κ2) is 6.78. The van der Waals surface area contributed by atoms with E-state index in [-0.39, 0.29) is 11.7 Å². The molecule has 0 bridgehead atoms. The Hall–Kier alpha value is -2.31. The lowest BCUT2D eigenvalue weighted by atomic mass is 9.64. The Bertz CT molecular complexity index is 971. The van der Waals surface area contributed by atoms with Crippen molar-refractivity contribution >= 4 is 34.0 Å². The third-order valence-electron chi connectivity index (χ3n) is 4.77. The monoisotopic (exact) mass is 387 g/mol. The van der Waals surface area contributed by atoms with Crippen LogP contribution in [-0.4, -0.2) is 16.1 Å². The highest BCUT2D eigenvalue weighted by molar-refractivity contribution is 7.18. The normalized spacial score (nSPS) is 15.3. The standard InChI is InChI=1S/C19H15ClFN3OS/c20-15-8-2-1-7-14(15)16-23-24-18(26-16)22-17(25)19(9-4-10-19)12-5-3-6-13(21)11-12/h1-3,5-8,11H,4,9-10H2,(H,22,24,25). The molecule has 2 aromatic carbocycles. The maximum Gasteiger partial charge on any atom is 0.236 e. The molecule has 3 aromatic rings. The molecule has 0 atom stereocenters. The zero-order chi connectivity index (χ0) is 18.1. The van der Waals surface area contributed by atoms with Gasteiger partial charge in [-0.1, -0.05) is 59.7 Å². The van der Waals surface area contributed by atoms with Gasteiger partial charge in [0.25, 0.3) is 0 Å². The molecular formula is C19H15ClFN3OS. The van der Waals surface area contributed by atoms with Crippen LogP contribution in [-0.2, 0) is 10.2 Å². The van der Waals surface area contributed by atoms with Crippen LogP contribution >= 0.6 is 22.9 Å². The quantitative estimate of drug-likeness (QED) is 0.680. The number of rotatable bonds is 4. The van der Waals surface area contributed by atoms with Crippen molar-refractivity contribution < 1.29 is 9.18 Å². The number of carbonyl (C=O) groups is 1. The van der Waals surface area contributed by atoms with Crippen molar-refractivity contribution in [1.82, 2.24) is 10.2 Å². The Balaban J connectivity index is 1.58. The van der Waals surface area contributed by atoms with Gasteiger partial charge in [0.15, 0.2) is 5.01 Å². The van der Waals surface area contributed by atoms with Crippen LogP contribution in [0.1, 0.15) is 24.8 Å². The first-order valence-corrected chi connectivity index (χ1v) is 9.44. The number of amides is 1. The van der Waals surface area contributed by atoms with Gasteiger partial charge in [0, 0.05) is 5.56 Å². The van der Waals surface area contributed by atoms with Gasteiger partial charge in [0.1, 0.15) is 5.82 Å². The maximum atomic E-state index is 13.6. The van der Waals surface area contributed by atoms with E-state index in [0.717, 1.165) is 12.0 Å². The van der Waals surface area contributed by atoms with E-state index in [1.54, 1.807) is 18.2 Å². The minimum absolute atomic E-state index is 0.170. The molecule has 0 spiro atoms. The van der Waals surface area contributed by atoms with Crippen molar-refractivity contribution in [2.24, 2.45) is 0 Å². The lowest BCUT2D eigenvalue weighted by molar-refractivity contribution is -0.124. The summed E-state index contributed by atoms with van der Waals surface area (Å²) in [7, 11) is 0. The minimum atomic E-state index is -0.696. The Kier molecular flexibility index (Phi) is 4.46. The Morgan fingerprint density at radius 2 is 1.96 bits per heavy atom. The van der Waals surface area contributed by atoms with Gasteiger partial charge in [0.2, 0.25) is 11.0 Å². The van der Waals surface area contributed by atoms with E-state index in [2.05, 4.69) is 15.5 Å². The Morgan fingerprint density at radius 3 is 2.65 bits per heavy atom. The summed E-state index contributed by atoms with van der Waals surface area (Å²) in [5, 5.41) is 12.7. The van der Waals surface area contributed by atoms with E-state index in [1.807, 2.05) is 18.2 Å². The van der Waals surface area contributed by atoms with Gasteiger partial charge in [-0.3, -0.25) is 10.1 Å². The van der Waals surface area contributed by atoms with Crippen LogP contribution in [0.25, 0.3) is 10.6 Å². The highest BCUT2D eigenvalue weighted by Gasteiger charge is 2.46. The van der Waals surface area contributed by atoms with E-state index in [0.29, 0.717) is 33.6 Å². The number of benzene rings is 2. The summed E-state index contributed by atoms with van der Waals surface area (Å²) in [4.78, 5) is 12.9. The van der Waals surface area contributed by atoms with E-state index in [9.17, 15) is 9.18 Å². The number of carbonyl (C=O) groups excluding carboxylic acids is 1. The van der Waals surface area contributed by atoms with Gasteiger partial charge < -0.3 is 0 Å². The van der Waals surface area contributed by atoms with Crippen molar-refractivity contribution in [3.63, 3.8) is 0 Å². The molecule has 132 valence electrons. The van der Waals surface area contributed by atoms with E-state index in [4.69, 9.17) is 11.6 Å². The molecule has 1 aliphatic rings. The van der Waals surface area contributed by atoms with Crippen molar-refractivity contribution in [3.8, 4) is 10.6 Å². The summed E-state index contributed by atoms with van der Waals surface area (Å²) < 4.78 is 13.6. The second-order valence-electron chi connectivity index (χ2n) is 6.29. The van der Waals surface area contributed by atoms with Crippen LogP contribution in [0, 0.1) is 5.82 Å². The van der Waals surface area contributed by atoms with Crippen LogP contribution in [0.3, 0.4) is 0 Å². The Labute approximate surface area is 159 Å². The van der Waals surface area contributed by atoms with Crippen LogP contribution in [0.5, 0.6) is 0 Å². The fraction of sp³-hybridized carbons (Fsp3) is 0.211. The van der Waals surface area contributed by atoms with Gasteiger partial charge in [-0.25, -0.2) is 4.39 Å². The number of anilines is 1. The number of aromatic nitrogens is 2. The molecule has 0 saturated heterocycles. The molecule has 1 amide bonds. The number of halogens is 2. The molecule has 0 radical (unpaired) electrons. The SMILES string of the molecule is O=C(Nc1nnc(-c2ccccc2Cl)s1)C1(c2cccc(F)c2)CCC1. The largest absolute Gasteiger partial charge is 0.300 e. The first-order valence-electron chi connectivity index (χ1n) is 8.24. The minimum Gasteiger partial charge on any atom is -0.300 e. The number of hydrogen-bond acceptors (Lipinski definition) is 4. The fourth-order valence-corrected chi connectivity index (χ4v) is 4.26. The van der Waals surface area contributed by atoms with Crippen molar-refractivity contribution in [2.75, 3.05) is 5.32 Å². The number of nitrogens with one attached hydrogen (secondary N) is 1. The van der Waals surface area contributed by atoms with E-state index < -0.39 is 5.41 Å². The molecule has 1 N–H and O–H groups in total. The summed E-state index contributed by atoms with van der Waals surface area (Å²) in [6, 6.07) is 13.6. The molecule has 0 aliphatic heterocycles. The van der Waals surface area contributed by atoms with Crippen molar-refractivity contribution in [3.05, 3.63) is 64.9 Å². The van der Waals surface area contributed by atoms with Gasteiger partial charge in [-0.2, -0.15) is 0 Å². The highest BCUT2D eigenvalue weighted by atomic mass is 35.5. The van der Waals surface area contributed by atoms with Crippen molar-refractivity contribution in [2.45, 2.75) is 24.7 Å². The van der Waals surface area contributed by atoms with Gasteiger partial charge in [0.05, 0.1) is 10.4 Å². The first-order chi connectivity index (χ1) is 12.6. The van der Waals surface area contributed by atoms with Crippen LogP contribution in [0.4, 0.5) is 9.52 Å². The van der Waals surface area contributed by atoms with Crippen molar-refractivity contribution in [1.29, 1.82) is 0 Å². The lowest BCUT2D eigenvalue weighted by Crippen LogP contribution is -2.46. The van der Waals surface area contributed by atoms with Gasteiger partial charge in [-0.15, -0.1) is 10.2 Å². The van der Waals surface area contributed by atoms with Gasteiger partial charge >= 0.3 is 0 Å². The molecule has 1 aromatic heterocycles. The Morgan fingerprint density at radius 1 is 1.15 bits per heavy atom. The highest BCUT2D eigenvalue weighted by Crippen LogP contribution is 2.45. The molecule has 0 unspecified atom stereocenters. The summed E-state index contributed by atoms with van der Waals surface area (Å²) in [6.07, 6.45) is 2.32. The van der Waals surface area contributed by atoms with E-state index >= 15 is 0 Å². The molecular weight excluding hydrogens is 373 g/mol. The number of hydrogen-bond donors (Lipinski definition) is 1. The molecule has 4 nitrogen and oxygen atoms in total. The molecule has 4 rings (SSSR count). The molecule has 1 aliphatic carbocycles. The smallest absolute Gasteiger partial charge is 0.236 e. The van der Waals surface area contributed by atoms with Crippen LogP contribution in [0.15, 0.2) is 48.5 Å². The molecule has 26 heavy (non-hydrogen) atoms. The molecule has 1 saturated carbocycles. The topological polar surface area (TPSA) is 54.9 Å². The number of nitrogens with zero attached hydrogens (tertiary/aromatic N) is 2.